The third-order valence-corrected chi connectivity index (χ3v) is 5.07. The van der Waals surface area contributed by atoms with Gasteiger partial charge in [-0.05, 0) is 32.6 Å². The molecule has 1 amide bonds. The summed E-state index contributed by atoms with van der Waals surface area (Å²) in [5, 5.41) is 8.15. The van der Waals surface area contributed by atoms with Crippen LogP contribution in [0.15, 0.2) is 6.33 Å². The SMILES string of the molecule is CCn1cnnc1C1CCCN(C(=O)C2CCCC(F)(F)C2)C1. The van der Waals surface area contributed by atoms with Crippen molar-refractivity contribution in [2.75, 3.05) is 13.1 Å². The molecule has 2 fully saturated rings. The molecule has 7 heteroatoms. The van der Waals surface area contributed by atoms with Crippen molar-refractivity contribution < 1.29 is 13.6 Å². The van der Waals surface area contributed by atoms with Gasteiger partial charge in [0, 0.05) is 44.3 Å². The summed E-state index contributed by atoms with van der Waals surface area (Å²) in [5.74, 6) is -2.26. The van der Waals surface area contributed by atoms with Crippen LogP contribution in [0.1, 0.15) is 57.2 Å². The lowest BCUT2D eigenvalue weighted by Gasteiger charge is -2.37. The van der Waals surface area contributed by atoms with Gasteiger partial charge in [-0.15, -0.1) is 10.2 Å². The van der Waals surface area contributed by atoms with E-state index in [1.807, 2.05) is 11.5 Å². The Morgan fingerprint density at radius 1 is 1.39 bits per heavy atom. The maximum atomic E-state index is 13.6. The highest BCUT2D eigenvalue weighted by Crippen LogP contribution is 2.38. The van der Waals surface area contributed by atoms with E-state index in [-0.39, 0.29) is 24.7 Å². The zero-order chi connectivity index (χ0) is 16.4. The lowest BCUT2D eigenvalue weighted by Crippen LogP contribution is -2.45. The van der Waals surface area contributed by atoms with Crippen LogP contribution in [0.3, 0.4) is 0 Å². The minimum Gasteiger partial charge on any atom is -0.342 e. The van der Waals surface area contributed by atoms with E-state index in [4.69, 9.17) is 0 Å². The molecular formula is C16H24F2N4O. The molecule has 0 spiro atoms. The second kappa shape index (κ2) is 6.53. The highest BCUT2D eigenvalue weighted by molar-refractivity contribution is 5.79. The number of halogens is 2. The molecule has 0 N–H and O–H groups in total. The van der Waals surface area contributed by atoms with Gasteiger partial charge in [0.15, 0.2) is 0 Å². The Kier molecular flexibility index (Phi) is 4.64. The number of rotatable bonds is 3. The molecule has 0 bridgehead atoms. The number of aromatic nitrogens is 3. The van der Waals surface area contributed by atoms with Gasteiger partial charge in [0.25, 0.3) is 0 Å². The van der Waals surface area contributed by atoms with E-state index in [0.717, 1.165) is 25.2 Å². The number of likely N-dealkylation sites (tertiary alicyclic amines) is 1. The number of hydrogen-bond acceptors (Lipinski definition) is 3. The second-order valence-electron chi connectivity index (χ2n) is 6.75. The van der Waals surface area contributed by atoms with Gasteiger partial charge in [-0.25, -0.2) is 8.78 Å². The summed E-state index contributed by atoms with van der Waals surface area (Å²) in [6.07, 6.45) is 4.19. The molecule has 1 aliphatic carbocycles. The molecule has 3 rings (SSSR count). The van der Waals surface area contributed by atoms with Crippen LogP contribution in [-0.2, 0) is 11.3 Å². The number of carbonyl (C=O) groups is 1. The van der Waals surface area contributed by atoms with E-state index < -0.39 is 11.8 Å². The number of piperidine rings is 1. The first-order valence-corrected chi connectivity index (χ1v) is 8.54. The summed E-state index contributed by atoms with van der Waals surface area (Å²) in [4.78, 5) is 14.4. The molecular weight excluding hydrogens is 302 g/mol. The summed E-state index contributed by atoms with van der Waals surface area (Å²) in [6.45, 7) is 4.06. The van der Waals surface area contributed by atoms with E-state index in [0.29, 0.717) is 25.9 Å². The van der Waals surface area contributed by atoms with E-state index in [1.165, 1.54) is 0 Å². The van der Waals surface area contributed by atoms with E-state index in [1.54, 1.807) is 11.2 Å². The number of aryl methyl sites for hydroxylation is 1. The predicted molar refractivity (Wildman–Crippen MR) is 81.2 cm³/mol. The number of alkyl halides is 2. The fourth-order valence-corrected chi connectivity index (χ4v) is 3.85. The normalized spacial score (nSPS) is 27.9. The molecule has 128 valence electrons. The molecule has 1 aromatic heterocycles. The summed E-state index contributed by atoms with van der Waals surface area (Å²) in [6, 6.07) is 0. The largest absolute Gasteiger partial charge is 0.342 e. The van der Waals surface area contributed by atoms with E-state index in [2.05, 4.69) is 10.2 Å². The third-order valence-electron chi connectivity index (χ3n) is 5.07. The van der Waals surface area contributed by atoms with Crippen molar-refractivity contribution in [1.29, 1.82) is 0 Å². The fraction of sp³-hybridized carbons (Fsp3) is 0.812. The van der Waals surface area contributed by atoms with Crippen molar-refractivity contribution in [2.45, 2.75) is 63.8 Å². The lowest BCUT2D eigenvalue weighted by atomic mass is 9.84. The molecule has 0 radical (unpaired) electrons. The molecule has 2 unspecified atom stereocenters. The fourth-order valence-electron chi connectivity index (χ4n) is 3.85. The molecule has 23 heavy (non-hydrogen) atoms. The third kappa shape index (κ3) is 3.53. The lowest BCUT2D eigenvalue weighted by molar-refractivity contribution is -0.144. The van der Waals surface area contributed by atoms with Crippen LogP contribution in [0, 0.1) is 5.92 Å². The van der Waals surface area contributed by atoms with E-state index in [9.17, 15) is 13.6 Å². The van der Waals surface area contributed by atoms with Crippen LogP contribution < -0.4 is 0 Å². The molecule has 1 aromatic rings. The van der Waals surface area contributed by atoms with Gasteiger partial charge >= 0.3 is 0 Å². The summed E-state index contributed by atoms with van der Waals surface area (Å²) < 4.78 is 29.2. The highest BCUT2D eigenvalue weighted by Gasteiger charge is 2.41. The Morgan fingerprint density at radius 2 is 2.22 bits per heavy atom. The van der Waals surface area contributed by atoms with Gasteiger partial charge in [0.1, 0.15) is 12.2 Å². The van der Waals surface area contributed by atoms with Crippen LogP contribution in [0.2, 0.25) is 0 Å². The summed E-state index contributed by atoms with van der Waals surface area (Å²) >= 11 is 0. The Hall–Kier alpha value is -1.53. The number of nitrogens with zero attached hydrogens (tertiary/aromatic N) is 4. The first kappa shape index (κ1) is 16.3. The van der Waals surface area contributed by atoms with Gasteiger partial charge in [-0.2, -0.15) is 0 Å². The average Bonchev–Trinajstić information content (AvgIpc) is 3.02. The number of hydrogen-bond donors (Lipinski definition) is 0. The van der Waals surface area contributed by atoms with Crippen LogP contribution in [0.4, 0.5) is 8.78 Å². The van der Waals surface area contributed by atoms with Gasteiger partial charge in [-0.3, -0.25) is 4.79 Å². The molecule has 2 atom stereocenters. The number of amides is 1. The minimum absolute atomic E-state index is 0.0843. The van der Waals surface area contributed by atoms with Gasteiger partial charge in [0.2, 0.25) is 11.8 Å². The van der Waals surface area contributed by atoms with Crippen molar-refractivity contribution in [3.05, 3.63) is 12.2 Å². The molecule has 2 heterocycles. The van der Waals surface area contributed by atoms with Gasteiger partial charge in [-0.1, -0.05) is 0 Å². The van der Waals surface area contributed by atoms with Gasteiger partial charge < -0.3 is 9.47 Å². The molecule has 5 nitrogen and oxygen atoms in total. The average molecular weight is 326 g/mol. The second-order valence-corrected chi connectivity index (χ2v) is 6.75. The Balaban J connectivity index is 1.67. The molecule has 1 saturated heterocycles. The molecule has 1 aliphatic heterocycles. The molecule has 2 aliphatic rings. The molecule has 0 aromatic carbocycles. The quantitative estimate of drug-likeness (QED) is 0.858. The standard InChI is InChI=1S/C16H24F2N4O/c1-2-21-11-19-20-14(21)13-6-4-8-22(10-13)15(23)12-5-3-7-16(17,18)9-12/h11-13H,2-10H2,1H3. The summed E-state index contributed by atoms with van der Waals surface area (Å²) in [5.41, 5.74) is 0. The van der Waals surface area contributed by atoms with Gasteiger partial charge in [0.05, 0.1) is 0 Å². The Morgan fingerprint density at radius 3 is 2.96 bits per heavy atom. The highest BCUT2D eigenvalue weighted by atomic mass is 19.3. The van der Waals surface area contributed by atoms with Crippen molar-refractivity contribution in [1.82, 2.24) is 19.7 Å². The van der Waals surface area contributed by atoms with Crippen LogP contribution in [0.5, 0.6) is 0 Å². The maximum absolute atomic E-state index is 13.6. The first-order valence-electron chi connectivity index (χ1n) is 8.54. The van der Waals surface area contributed by atoms with Crippen molar-refractivity contribution in [2.24, 2.45) is 5.92 Å². The van der Waals surface area contributed by atoms with Crippen LogP contribution in [-0.4, -0.2) is 44.6 Å². The van der Waals surface area contributed by atoms with E-state index >= 15 is 0 Å². The smallest absolute Gasteiger partial charge is 0.248 e. The monoisotopic (exact) mass is 326 g/mol. The van der Waals surface area contributed by atoms with Crippen molar-refractivity contribution in [3.8, 4) is 0 Å². The predicted octanol–water partition coefficient (Wildman–Crippen LogP) is 2.83. The Labute approximate surface area is 135 Å². The minimum atomic E-state index is -2.68. The zero-order valence-electron chi connectivity index (χ0n) is 13.5. The van der Waals surface area contributed by atoms with Crippen molar-refractivity contribution >= 4 is 5.91 Å². The van der Waals surface area contributed by atoms with Crippen LogP contribution >= 0.6 is 0 Å². The molecule has 1 saturated carbocycles. The first-order chi connectivity index (χ1) is 11.0. The van der Waals surface area contributed by atoms with Crippen molar-refractivity contribution in [3.63, 3.8) is 0 Å². The Bertz CT molecular complexity index is 560. The summed E-state index contributed by atoms with van der Waals surface area (Å²) in [7, 11) is 0. The maximum Gasteiger partial charge on any atom is 0.248 e. The zero-order valence-corrected chi connectivity index (χ0v) is 13.5. The van der Waals surface area contributed by atoms with Crippen LogP contribution in [0.25, 0.3) is 0 Å². The topological polar surface area (TPSA) is 51.0 Å². The number of carbonyl (C=O) groups excluding carboxylic acids is 1.